The molecule has 0 amide bonds. The first-order chi connectivity index (χ1) is 9.79. The fourth-order valence-corrected chi connectivity index (χ4v) is 2.18. The maximum absolute atomic E-state index is 12.0. The van der Waals surface area contributed by atoms with Gasteiger partial charge in [0.25, 0.3) is 0 Å². The van der Waals surface area contributed by atoms with Crippen LogP contribution in [0, 0.1) is 0 Å². The van der Waals surface area contributed by atoms with Gasteiger partial charge in [-0.2, -0.15) is 0 Å². The molecule has 1 aromatic rings. The SMILES string of the molecule is CCCCCCCN[C@@H](C(=O)OCC)c1ccccc1. The second-order valence-electron chi connectivity index (χ2n) is 4.96. The van der Waals surface area contributed by atoms with Crippen molar-refractivity contribution in [2.45, 2.75) is 52.0 Å². The van der Waals surface area contributed by atoms with E-state index in [1.54, 1.807) is 0 Å². The molecule has 3 heteroatoms. The van der Waals surface area contributed by atoms with Crippen LogP contribution in [0.4, 0.5) is 0 Å². The second-order valence-corrected chi connectivity index (χ2v) is 4.96. The van der Waals surface area contributed by atoms with Gasteiger partial charge in [0, 0.05) is 0 Å². The molecule has 0 spiro atoms. The average molecular weight is 277 g/mol. The summed E-state index contributed by atoms with van der Waals surface area (Å²) in [6.45, 7) is 5.32. The van der Waals surface area contributed by atoms with Crippen molar-refractivity contribution < 1.29 is 9.53 Å². The monoisotopic (exact) mass is 277 g/mol. The zero-order valence-electron chi connectivity index (χ0n) is 12.7. The Kier molecular flexibility index (Phi) is 8.72. The number of rotatable bonds is 10. The summed E-state index contributed by atoms with van der Waals surface area (Å²) in [5.74, 6) is -0.188. The van der Waals surface area contributed by atoms with Gasteiger partial charge in [-0.05, 0) is 25.5 Å². The van der Waals surface area contributed by atoms with Gasteiger partial charge in [-0.3, -0.25) is 0 Å². The minimum atomic E-state index is -0.345. The van der Waals surface area contributed by atoms with Crippen LogP contribution in [0.1, 0.15) is 57.6 Å². The summed E-state index contributed by atoms with van der Waals surface area (Å²) in [7, 11) is 0. The van der Waals surface area contributed by atoms with E-state index in [2.05, 4.69) is 12.2 Å². The van der Waals surface area contributed by atoms with Crippen LogP contribution in [0.5, 0.6) is 0 Å². The lowest BCUT2D eigenvalue weighted by Crippen LogP contribution is -2.31. The molecule has 0 fully saturated rings. The highest BCUT2D eigenvalue weighted by molar-refractivity contribution is 5.77. The zero-order chi connectivity index (χ0) is 14.6. The fourth-order valence-electron chi connectivity index (χ4n) is 2.18. The molecule has 1 atom stereocenters. The summed E-state index contributed by atoms with van der Waals surface area (Å²) < 4.78 is 5.15. The van der Waals surface area contributed by atoms with E-state index in [4.69, 9.17) is 4.74 Å². The number of carbonyl (C=O) groups excluding carboxylic acids is 1. The second kappa shape index (κ2) is 10.4. The predicted molar refractivity (Wildman–Crippen MR) is 82.6 cm³/mol. The molecular weight excluding hydrogens is 250 g/mol. The molecule has 112 valence electrons. The Labute approximate surface area is 122 Å². The van der Waals surface area contributed by atoms with Crippen molar-refractivity contribution in [3.8, 4) is 0 Å². The molecule has 0 aliphatic rings. The molecule has 1 aromatic carbocycles. The average Bonchev–Trinajstić information content (AvgIpc) is 2.47. The summed E-state index contributed by atoms with van der Waals surface area (Å²) in [6, 6.07) is 9.44. The summed E-state index contributed by atoms with van der Waals surface area (Å²) in [5, 5.41) is 3.32. The number of benzene rings is 1. The number of hydrogen-bond donors (Lipinski definition) is 1. The van der Waals surface area contributed by atoms with Crippen molar-refractivity contribution in [3.63, 3.8) is 0 Å². The molecule has 0 radical (unpaired) electrons. The van der Waals surface area contributed by atoms with Gasteiger partial charge < -0.3 is 10.1 Å². The normalized spacial score (nSPS) is 12.1. The maximum atomic E-state index is 12.0. The summed E-state index contributed by atoms with van der Waals surface area (Å²) >= 11 is 0. The number of unbranched alkanes of at least 4 members (excludes halogenated alkanes) is 4. The minimum Gasteiger partial charge on any atom is -0.465 e. The maximum Gasteiger partial charge on any atom is 0.327 e. The van der Waals surface area contributed by atoms with E-state index in [9.17, 15) is 4.79 Å². The van der Waals surface area contributed by atoms with Crippen LogP contribution in [-0.4, -0.2) is 19.1 Å². The Morgan fingerprint density at radius 1 is 1.10 bits per heavy atom. The molecule has 1 N–H and O–H groups in total. The van der Waals surface area contributed by atoms with Crippen molar-refractivity contribution in [2.75, 3.05) is 13.2 Å². The highest BCUT2D eigenvalue weighted by atomic mass is 16.5. The van der Waals surface area contributed by atoms with Crippen LogP contribution in [0.25, 0.3) is 0 Å². The topological polar surface area (TPSA) is 38.3 Å². The lowest BCUT2D eigenvalue weighted by molar-refractivity contribution is -0.145. The van der Waals surface area contributed by atoms with Gasteiger partial charge in [-0.1, -0.05) is 62.9 Å². The third kappa shape index (κ3) is 6.20. The van der Waals surface area contributed by atoms with E-state index in [0.29, 0.717) is 6.61 Å². The van der Waals surface area contributed by atoms with Crippen LogP contribution >= 0.6 is 0 Å². The Morgan fingerprint density at radius 3 is 2.45 bits per heavy atom. The molecule has 0 heterocycles. The summed E-state index contributed by atoms with van der Waals surface area (Å²) in [5.41, 5.74) is 0.972. The quantitative estimate of drug-likeness (QED) is 0.521. The van der Waals surface area contributed by atoms with Crippen LogP contribution in [0.3, 0.4) is 0 Å². The standard InChI is InChI=1S/C17H27NO2/c1-3-5-6-7-11-14-18-16(17(19)20-4-2)15-12-9-8-10-13-15/h8-10,12-13,16,18H,3-7,11,14H2,1-2H3/t16-/m1/s1. The number of ether oxygens (including phenoxy) is 1. The van der Waals surface area contributed by atoms with Gasteiger partial charge in [-0.25, -0.2) is 4.79 Å². The number of nitrogens with one attached hydrogen (secondary N) is 1. The molecule has 0 aliphatic carbocycles. The van der Waals surface area contributed by atoms with E-state index in [1.807, 2.05) is 37.3 Å². The third-order valence-corrected chi connectivity index (χ3v) is 3.28. The molecular formula is C17H27NO2. The first-order valence-corrected chi connectivity index (χ1v) is 7.74. The number of esters is 1. The number of carbonyl (C=O) groups is 1. The van der Waals surface area contributed by atoms with Crippen molar-refractivity contribution in [1.29, 1.82) is 0 Å². The fraction of sp³-hybridized carbons (Fsp3) is 0.588. The minimum absolute atomic E-state index is 0.188. The summed E-state index contributed by atoms with van der Waals surface area (Å²) in [4.78, 5) is 12.0. The van der Waals surface area contributed by atoms with Gasteiger partial charge in [0.05, 0.1) is 6.61 Å². The van der Waals surface area contributed by atoms with E-state index in [0.717, 1.165) is 18.5 Å². The molecule has 0 saturated heterocycles. The van der Waals surface area contributed by atoms with E-state index in [-0.39, 0.29) is 12.0 Å². The van der Waals surface area contributed by atoms with E-state index >= 15 is 0 Å². The van der Waals surface area contributed by atoms with Gasteiger partial charge >= 0.3 is 5.97 Å². The third-order valence-electron chi connectivity index (χ3n) is 3.28. The first-order valence-electron chi connectivity index (χ1n) is 7.74. The summed E-state index contributed by atoms with van der Waals surface area (Å²) in [6.07, 6.45) is 6.13. The lowest BCUT2D eigenvalue weighted by atomic mass is 10.1. The molecule has 20 heavy (non-hydrogen) atoms. The van der Waals surface area contributed by atoms with Crippen molar-refractivity contribution in [2.24, 2.45) is 0 Å². The van der Waals surface area contributed by atoms with Crippen molar-refractivity contribution >= 4 is 5.97 Å². The largest absolute Gasteiger partial charge is 0.465 e. The van der Waals surface area contributed by atoms with E-state index in [1.165, 1.54) is 25.7 Å². The Hall–Kier alpha value is -1.35. The highest BCUT2D eigenvalue weighted by Gasteiger charge is 2.20. The molecule has 3 nitrogen and oxygen atoms in total. The first kappa shape index (κ1) is 16.7. The zero-order valence-corrected chi connectivity index (χ0v) is 12.7. The lowest BCUT2D eigenvalue weighted by Gasteiger charge is -2.17. The molecule has 0 bridgehead atoms. The van der Waals surface area contributed by atoms with Gasteiger partial charge in [0.1, 0.15) is 6.04 Å². The van der Waals surface area contributed by atoms with Crippen LogP contribution in [0.2, 0.25) is 0 Å². The number of hydrogen-bond acceptors (Lipinski definition) is 3. The molecule has 0 saturated carbocycles. The molecule has 0 aliphatic heterocycles. The van der Waals surface area contributed by atoms with Gasteiger partial charge in [0.2, 0.25) is 0 Å². The van der Waals surface area contributed by atoms with Gasteiger partial charge in [-0.15, -0.1) is 0 Å². The predicted octanol–water partition coefficient (Wildman–Crippen LogP) is 3.85. The molecule has 0 aromatic heterocycles. The van der Waals surface area contributed by atoms with Crippen molar-refractivity contribution in [1.82, 2.24) is 5.32 Å². The Morgan fingerprint density at radius 2 is 1.80 bits per heavy atom. The smallest absolute Gasteiger partial charge is 0.327 e. The Bertz CT molecular complexity index is 365. The van der Waals surface area contributed by atoms with E-state index < -0.39 is 0 Å². The van der Waals surface area contributed by atoms with Crippen LogP contribution in [-0.2, 0) is 9.53 Å². The van der Waals surface area contributed by atoms with Gasteiger partial charge in [0.15, 0.2) is 0 Å². The molecule has 1 rings (SSSR count). The van der Waals surface area contributed by atoms with Crippen LogP contribution < -0.4 is 5.32 Å². The van der Waals surface area contributed by atoms with Crippen LogP contribution in [0.15, 0.2) is 30.3 Å². The Balaban J connectivity index is 2.45. The van der Waals surface area contributed by atoms with Crippen molar-refractivity contribution in [3.05, 3.63) is 35.9 Å². The molecule has 0 unspecified atom stereocenters. The highest BCUT2D eigenvalue weighted by Crippen LogP contribution is 2.14.